The number of carbonyl (C=O) groups is 1. The molecule has 24 heavy (non-hydrogen) atoms. The Morgan fingerprint density at radius 1 is 1.25 bits per heavy atom. The van der Waals surface area contributed by atoms with Crippen LogP contribution in [0.2, 0.25) is 18.1 Å². The zero-order valence-corrected chi connectivity index (χ0v) is 18.3. The maximum Gasteiger partial charge on any atom is 0.192 e. The van der Waals surface area contributed by atoms with Crippen LogP contribution < -0.4 is 0 Å². The second-order valence-electron chi connectivity index (χ2n) is 9.47. The van der Waals surface area contributed by atoms with E-state index >= 15 is 0 Å². The zero-order valence-electron chi connectivity index (χ0n) is 17.3. The Morgan fingerprint density at radius 2 is 1.79 bits per heavy atom. The third-order valence-electron chi connectivity index (χ3n) is 5.68. The number of hydrogen-bond acceptors (Lipinski definition) is 4. The van der Waals surface area contributed by atoms with E-state index < -0.39 is 14.1 Å². The molecule has 1 rings (SSSR count). The van der Waals surface area contributed by atoms with Gasteiger partial charge in [0, 0.05) is 17.8 Å². The van der Waals surface area contributed by atoms with Crippen molar-refractivity contribution in [3.05, 3.63) is 0 Å². The van der Waals surface area contributed by atoms with Gasteiger partial charge in [-0.05, 0) is 32.0 Å². The minimum Gasteiger partial charge on any atom is -0.413 e. The van der Waals surface area contributed by atoms with Crippen molar-refractivity contribution in [1.82, 2.24) is 0 Å². The van der Waals surface area contributed by atoms with E-state index in [0.717, 1.165) is 6.29 Å². The molecule has 5 heteroatoms. The molecule has 0 unspecified atom stereocenters. The van der Waals surface area contributed by atoms with Gasteiger partial charge >= 0.3 is 0 Å². The molecule has 0 amide bonds. The summed E-state index contributed by atoms with van der Waals surface area (Å²) in [6, 6.07) is 0. The predicted octanol–water partition coefficient (Wildman–Crippen LogP) is 4.64. The van der Waals surface area contributed by atoms with Crippen molar-refractivity contribution < 1.29 is 18.7 Å². The van der Waals surface area contributed by atoms with Crippen LogP contribution in [0, 0.1) is 17.8 Å². The summed E-state index contributed by atoms with van der Waals surface area (Å²) in [6.45, 7) is 22.0. The number of ether oxygens (including phenoxy) is 2. The Kier molecular flexibility index (Phi) is 6.87. The molecule has 1 aliphatic rings. The van der Waals surface area contributed by atoms with E-state index in [1.165, 1.54) is 0 Å². The van der Waals surface area contributed by atoms with Crippen molar-refractivity contribution in [3.8, 4) is 0 Å². The SMILES string of the molecule is C[C@H]([C@H](O[Si](C)(C)C(C)(C)C)[C@H](C)C=O)[C@@H]1OC(C)(C)OC[C@H]1C. The number of hydrogen-bond donors (Lipinski definition) is 0. The van der Waals surface area contributed by atoms with Crippen LogP contribution in [0.4, 0.5) is 0 Å². The first-order valence-corrected chi connectivity index (χ1v) is 12.1. The van der Waals surface area contributed by atoms with Gasteiger partial charge in [-0.2, -0.15) is 0 Å². The van der Waals surface area contributed by atoms with Gasteiger partial charge in [0.15, 0.2) is 14.1 Å². The highest BCUT2D eigenvalue weighted by Crippen LogP contribution is 2.41. The summed E-state index contributed by atoms with van der Waals surface area (Å²) in [4.78, 5) is 11.5. The molecule has 0 saturated carbocycles. The van der Waals surface area contributed by atoms with Crippen LogP contribution in [0.3, 0.4) is 0 Å². The molecule has 4 nitrogen and oxygen atoms in total. The van der Waals surface area contributed by atoms with Gasteiger partial charge in [-0.3, -0.25) is 0 Å². The predicted molar refractivity (Wildman–Crippen MR) is 101 cm³/mol. The zero-order chi connectivity index (χ0) is 18.9. The molecule has 0 aromatic heterocycles. The van der Waals surface area contributed by atoms with Gasteiger partial charge < -0.3 is 18.7 Å². The lowest BCUT2D eigenvalue weighted by atomic mass is 9.84. The van der Waals surface area contributed by atoms with E-state index in [2.05, 4.69) is 47.7 Å². The van der Waals surface area contributed by atoms with E-state index in [1.54, 1.807) is 0 Å². The van der Waals surface area contributed by atoms with Crippen LogP contribution in [0.15, 0.2) is 0 Å². The standard InChI is InChI=1S/C19H38O4Si/c1-13(11-20)17(23-24(9,10)18(4,5)6)15(3)16-14(2)12-21-19(7,8)22-16/h11,13-17H,12H2,1-10H3/t13-,14-,15+,16-,17-/m1/s1. The Labute approximate surface area is 149 Å². The molecule has 0 spiro atoms. The fourth-order valence-corrected chi connectivity index (χ4v) is 4.47. The van der Waals surface area contributed by atoms with Crippen molar-refractivity contribution in [2.24, 2.45) is 17.8 Å². The van der Waals surface area contributed by atoms with Gasteiger partial charge in [-0.1, -0.05) is 41.5 Å². The number of rotatable bonds is 6. The molecule has 0 aromatic carbocycles. The van der Waals surface area contributed by atoms with Crippen LogP contribution in [0.5, 0.6) is 0 Å². The average Bonchev–Trinajstić information content (AvgIpc) is 2.44. The summed E-state index contributed by atoms with van der Waals surface area (Å²) in [6.07, 6.45) is 0.902. The molecule has 1 aliphatic heterocycles. The molecule has 1 heterocycles. The fraction of sp³-hybridized carbons (Fsp3) is 0.947. The lowest BCUT2D eigenvalue weighted by Crippen LogP contribution is -2.54. The van der Waals surface area contributed by atoms with Crippen molar-refractivity contribution in [3.63, 3.8) is 0 Å². The van der Waals surface area contributed by atoms with Gasteiger partial charge in [-0.25, -0.2) is 0 Å². The largest absolute Gasteiger partial charge is 0.413 e. The quantitative estimate of drug-likeness (QED) is 0.513. The van der Waals surface area contributed by atoms with E-state index in [1.807, 2.05) is 20.8 Å². The van der Waals surface area contributed by atoms with Crippen LogP contribution in [0.1, 0.15) is 55.4 Å². The summed E-state index contributed by atoms with van der Waals surface area (Å²) in [5.74, 6) is -0.344. The molecule has 5 atom stereocenters. The summed E-state index contributed by atoms with van der Waals surface area (Å²) in [7, 11) is -1.98. The minimum atomic E-state index is -1.98. The van der Waals surface area contributed by atoms with Gasteiger partial charge in [-0.15, -0.1) is 0 Å². The second kappa shape index (κ2) is 7.56. The van der Waals surface area contributed by atoms with E-state index in [9.17, 15) is 4.79 Å². The number of aldehydes is 1. The average molecular weight is 359 g/mol. The van der Waals surface area contributed by atoms with Crippen molar-refractivity contribution in [2.75, 3.05) is 6.61 Å². The summed E-state index contributed by atoms with van der Waals surface area (Å²) in [5, 5.41) is 0.106. The first kappa shape index (κ1) is 21.8. The second-order valence-corrected chi connectivity index (χ2v) is 14.2. The van der Waals surface area contributed by atoms with Crippen molar-refractivity contribution >= 4 is 14.6 Å². The van der Waals surface area contributed by atoms with Gasteiger partial charge in [0.2, 0.25) is 0 Å². The van der Waals surface area contributed by atoms with Gasteiger partial charge in [0.1, 0.15) is 6.29 Å². The lowest BCUT2D eigenvalue weighted by molar-refractivity contribution is -0.304. The van der Waals surface area contributed by atoms with Gasteiger partial charge in [0.05, 0.1) is 18.8 Å². The van der Waals surface area contributed by atoms with Crippen molar-refractivity contribution in [2.45, 2.75) is 91.5 Å². The molecule has 1 saturated heterocycles. The summed E-state index contributed by atoms with van der Waals surface area (Å²) in [5.41, 5.74) is 0. The topological polar surface area (TPSA) is 44.8 Å². The molecule has 0 aromatic rings. The highest BCUT2D eigenvalue weighted by molar-refractivity contribution is 6.74. The third-order valence-corrected chi connectivity index (χ3v) is 10.2. The number of carbonyl (C=O) groups excluding carboxylic acids is 1. The Hall–Kier alpha value is -0.233. The molecule has 1 fully saturated rings. The smallest absolute Gasteiger partial charge is 0.192 e. The van der Waals surface area contributed by atoms with Crippen LogP contribution in [-0.2, 0) is 18.7 Å². The van der Waals surface area contributed by atoms with Gasteiger partial charge in [0.25, 0.3) is 0 Å². The van der Waals surface area contributed by atoms with Crippen molar-refractivity contribution in [1.29, 1.82) is 0 Å². The molecule has 0 radical (unpaired) electrons. The molecule has 0 bridgehead atoms. The van der Waals surface area contributed by atoms with E-state index in [-0.39, 0.29) is 35.0 Å². The van der Waals surface area contributed by atoms with Crippen LogP contribution >= 0.6 is 0 Å². The third kappa shape index (κ3) is 5.13. The first-order valence-electron chi connectivity index (χ1n) is 9.17. The molecule has 142 valence electrons. The normalized spacial score (nSPS) is 28.9. The first-order chi connectivity index (χ1) is 10.7. The van der Waals surface area contributed by atoms with Crippen LogP contribution in [-0.4, -0.2) is 39.2 Å². The Balaban J connectivity index is 3.05. The van der Waals surface area contributed by atoms with E-state index in [0.29, 0.717) is 6.61 Å². The molecule has 0 N–H and O–H groups in total. The monoisotopic (exact) mass is 358 g/mol. The maximum atomic E-state index is 11.5. The highest BCUT2D eigenvalue weighted by atomic mass is 28.4. The fourth-order valence-electron chi connectivity index (χ4n) is 3.01. The molecular weight excluding hydrogens is 320 g/mol. The van der Waals surface area contributed by atoms with E-state index in [4.69, 9.17) is 13.9 Å². The maximum absolute atomic E-state index is 11.5. The summed E-state index contributed by atoms with van der Waals surface area (Å²) < 4.78 is 18.7. The molecular formula is C19H38O4Si. The Morgan fingerprint density at radius 3 is 2.25 bits per heavy atom. The lowest BCUT2D eigenvalue weighted by Gasteiger charge is -2.47. The Bertz CT molecular complexity index is 428. The van der Waals surface area contributed by atoms with Crippen LogP contribution in [0.25, 0.3) is 0 Å². The highest BCUT2D eigenvalue weighted by Gasteiger charge is 2.45. The molecule has 0 aliphatic carbocycles. The minimum absolute atomic E-state index is 0.0194. The summed E-state index contributed by atoms with van der Waals surface area (Å²) >= 11 is 0.